The third-order valence-corrected chi connectivity index (χ3v) is 5.21. The molecule has 0 spiro atoms. The Bertz CT molecular complexity index is 963. The summed E-state index contributed by atoms with van der Waals surface area (Å²) >= 11 is 0. The minimum atomic E-state index is 0.187. The zero-order chi connectivity index (χ0) is 20.2. The Balaban J connectivity index is 1.57. The standard InChI is InChI=1S/C21H29N7O/c1-15-12-16(23-10-11-27(2)3)4-5-19(15)28-20-18(13-26-28)21(25-14-24-20)29-17-6-8-22-9-7-17/h4-5,12-14,17,22-23H,6-11H2,1-3H3. The van der Waals surface area contributed by atoms with Gasteiger partial charge in [-0.2, -0.15) is 5.10 Å². The summed E-state index contributed by atoms with van der Waals surface area (Å²) in [5.74, 6) is 0.618. The van der Waals surface area contributed by atoms with Crippen LogP contribution in [0.3, 0.4) is 0 Å². The van der Waals surface area contributed by atoms with Crippen LogP contribution in [-0.4, -0.2) is 71.0 Å². The van der Waals surface area contributed by atoms with E-state index in [1.165, 1.54) is 0 Å². The van der Waals surface area contributed by atoms with Crippen molar-refractivity contribution in [3.8, 4) is 11.6 Å². The summed E-state index contributed by atoms with van der Waals surface area (Å²) < 4.78 is 8.04. The predicted molar refractivity (Wildman–Crippen MR) is 115 cm³/mol. The van der Waals surface area contributed by atoms with Crippen molar-refractivity contribution >= 4 is 16.7 Å². The van der Waals surface area contributed by atoms with E-state index in [1.54, 1.807) is 12.5 Å². The number of fused-ring (bicyclic) bond motifs is 1. The number of ether oxygens (including phenoxy) is 1. The Morgan fingerprint density at radius 1 is 1.24 bits per heavy atom. The van der Waals surface area contributed by atoms with E-state index >= 15 is 0 Å². The molecule has 1 aromatic carbocycles. The van der Waals surface area contributed by atoms with Crippen molar-refractivity contribution in [1.29, 1.82) is 0 Å². The molecule has 8 heteroatoms. The molecule has 0 unspecified atom stereocenters. The van der Waals surface area contributed by atoms with E-state index in [0.717, 1.165) is 67.0 Å². The number of anilines is 1. The topological polar surface area (TPSA) is 80.1 Å². The SMILES string of the molecule is Cc1cc(NCCN(C)C)ccc1-n1ncc2c(OC3CCNCC3)ncnc21. The van der Waals surface area contributed by atoms with Crippen LogP contribution in [0.4, 0.5) is 5.69 Å². The summed E-state index contributed by atoms with van der Waals surface area (Å²) in [7, 11) is 4.15. The molecule has 3 aromatic rings. The zero-order valence-electron chi connectivity index (χ0n) is 17.4. The molecule has 1 saturated heterocycles. The molecular weight excluding hydrogens is 366 g/mol. The molecule has 0 bridgehead atoms. The quantitative estimate of drug-likeness (QED) is 0.635. The third-order valence-electron chi connectivity index (χ3n) is 5.21. The van der Waals surface area contributed by atoms with Gasteiger partial charge < -0.3 is 20.3 Å². The number of hydrogen-bond acceptors (Lipinski definition) is 7. The van der Waals surface area contributed by atoms with Crippen LogP contribution < -0.4 is 15.4 Å². The maximum Gasteiger partial charge on any atom is 0.228 e. The van der Waals surface area contributed by atoms with Crippen LogP contribution in [-0.2, 0) is 0 Å². The maximum absolute atomic E-state index is 6.17. The van der Waals surface area contributed by atoms with Crippen molar-refractivity contribution in [3.63, 3.8) is 0 Å². The molecule has 0 aliphatic carbocycles. The molecule has 1 aliphatic heterocycles. The number of aryl methyl sites for hydroxylation is 1. The number of rotatable bonds is 7. The molecular formula is C21H29N7O. The molecule has 2 aromatic heterocycles. The number of nitrogens with one attached hydrogen (secondary N) is 2. The van der Waals surface area contributed by atoms with Gasteiger partial charge in [-0.15, -0.1) is 0 Å². The van der Waals surface area contributed by atoms with Crippen molar-refractivity contribution < 1.29 is 4.74 Å². The van der Waals surface area contributed by atoms with Gasteiger partial charge in [-0.25, -0.2) is 14.6 Å². The fourth-order valence-corrected chi connectivity index (χ4v) is 3.59. The first-order valence-corrected chi connectivity index (χ1v) is 10.2. The second-order valence-electron chi connectivity index (χ2n) is 7.77. The number of nitrogens with zero attached hydrogens (tertiary/aromatic N) is 5. The Hall–Kier alpha value is -2.71. The zero-order valence-corrected chi connectivity index (χ0v) is 17.4. The number of piperidine rings is 1. The van der Waals surface area contributed by atoms with E-state index in [1.807, 2.05) is 4.68 Å². The molecule has 1 fully saturated rings. The minimum absolute atomic E-state index is 0.187. The Kier molecular flexibility index (Phi) is 5.92. The number of aromatic nitrogens is 4. The predicted octanol–water partition coefficient (Wildman–Crippen LogP) is 2.23. The van der Waals surface area contributed by atoms with E-state index in [-0.39, 0.29) is 6.10 Å². The lowest BCUT2D eigenvalue weighted by atomic mass is 10.1. The van der Waals surface area contributed by atoms with E-state index in [4.69, 9.17) is 4.74 Å². The molecule has 29 heavy (non-hydrogen) atoms. The van der Waals surface area contributed by atoms with Gasteiger partial charge in [0.05, 0.1) is 11.9 Å². The number of benzene rings is 1. The van der Waals surface area contributed by atoms with Gasteiger partial charge in [0.2, 0.25) is 5.88 Å². The average molecular weight is 396 g/mol. The number of likely N-dealkylation sites (N-methyl/N-ethyl adjacent to an activating group) is 1. The lowest BCUT2D eigenvalue weighted by Gasteiger charge is -2.23. The van der Waals surface area contributed by atoms with Gasteiger partial charge in [-0.05, 0) is 70.7 Å². The molecule has 0 atom stereocenters. The number of hydrogen-bond donors (Lipinski definition) is 2. The summed E-state index contributed by atoms with van der Waals surface area (Å²) in [6.07, 6.45) is 5.52. The Labute approximate surface area is 171 Å². The van der Waals surface area contributed by atoms with Crippen LogP contribution in [0.1, 0.15) is 18.4 Å². The lowest BCUT2D eigenvalue weighted by molar-refractivity contribution is 0.158. The van der Waals surface area contributed by atoms with E-state index < -0.39 is 0 Å². The maximum atomic E-state index is 6.17. The van der Waals surface area contributed by atoms with Crippen LogP contribution in [0.25, 0.3) is 16.7 Å². The highest BCUT2D eigenvalue weighted by molar-refractivity contribution is 5.81. The molecule has 2 N–H and O–H groups in total. The highest BCUT2D eigenvalue weighted by Crippen LogP contribution is 2.27. The molecule has 0 saturated carbocycles. The smallest absolute Gasteiger partial charge is 0.228 e. The third kappa shape index (κ3) is 4.49. The van der Waals surface area contributed by atoms with Gasteiger partial charge in [0, 0.05) is 18.8 Å². The van der Waals surface area contributed by atoms with Crippen molar-refractivity contribution in [3.05, 3.63) is 36.3 Å². The first-order chi connectivity index (χ1) is 14.1. The lowest BCUT2D eigenvalue weighted by Crippen LogP contribution is -2.34. The summed E-state index contributed by atoms with van der Waals surface area (Å²) in [5.41, 5.74) is 4.00. The second-order valence-corrected chi connectivity index (χ2v) is 7.77. The molecule has 1 aliphatic rings. The van der Waals surface area contributed by atoms with Gasteiger partial charge in [-0.3, -0.25) is 0 Å². The second kappa shape index (κ2) is 8.75. The van der Waals surface area contributed by atoms with E-state index in [9.17, 15) is 0 Å². The van der Waals surface area contributed by atoms with Crippen LogP contribution in [0.2, 0.25) is 0 Å². The summed E-state index contributed by atoms with van der Waals surface area (Å²) in [4.78, 5) is 11.0. The molecule has 4 rings (SSSR count). The monoisotopic (exact) mass is 395 g/mol. The molecule has 0 radical (unpaired) electrons. The van der Waals surface area contributed by atoms with Gasteiger partial charge >= 0.3 is 0 Å². The highest BCUT2D eigenvalue weighted by Gasteiger charge is 2.19. The summed E-state index contributed by atoms with van der Waals surface area (Å²) in [6, 6.07) is 6.31. The first kappa shape index (κ1) is 19.6. The average Bonchev–Trinajstić information content (AvgIpc) is 3.14. The minimum Gasteiger partial charge on any atom is -0.474 e. The fourth-order valence-electron chi connectivity index (χ4n) is 3.59. The van der Waals surface area contributed by atoms with E-state index in [2.05, 4.69) is 69.8 Å². The van der Waals surface area contributed by atoms with Gasteiger partial charge in [0.1, 0.15) is 17.8 Å². The van der Waals surface area contributed by atoms with Gasteiger partial charge in [-0.1, -0.05) is 0 Å². The summed E-state index contributed by atoms with van der Waals surface area (Å²) in [6.45, 7) is 5.94. The summed E-state index contributed by atoms with van der Waals surface area (Å²) in [5, 5.41) is 12.3. The largest absolute Gasteiger partial charge is 0.474 e. The molecule has 8 nitrogen and oxygen atoms in total. The van der Waals surface area contributed by atoms with Crippen LogP contribution >= 0.6 is 0 Å². The van der Waals surface area contributed by atoms with Gasteiger partial charge in [0.15, 0.2) is 5.65 Å². The van der Waals surface area contributed by atoms with Crippen molar-refractivity contribution in [2.75, 3.05) is 45.6 Å². The Morgan fingerprint density at radius 2 is 2.07 bits per heavy atom. The van der Waals surface area contributed by atoms with Crippen molar-refractivity contribution in [2.24, 2.45) is 0 Å². The van der Waals surface area contributed by atoms with Crippen LogP contribution in [0.5, 0.6) is 5.88 Å². The van der Waals surface area contributed by atoms with Crippen LogP contribution in [0, 0.1) is 6.92 Å². The normalized spacial score (nSPS) is 15.2. The molecule has 3 heterocycles. The van der Waals surface area contributed by atoms with Gasteiger partial charge in [0.25, 0.3) is 0 Å². The van der Waals surface area contributed by atoms with Crippen molar-refractivity contribution in [1.82, 2.24) is 30.0 Å². The highest BCUT2D eigenvalue weighted by atomic mass is 16.5. The first-order valence-electron chi connectivity index (χ1n) is 10.2. The van der Waals surface area contributed by atoms with E-state index in [0.29, 0.717) is 5.88 Å². The van der Waals surface area contributed by atoms with Crippen LogP contribution in [0.15, 0.2) is 30.7 Å². The molecule has 154 valence electrons. The van der Waals surface area contributed by atoms with Crippen molar-refractivity contribution in [2.45, 2.75) is 25.9 Å². The fraction of sp³-hybridized carbons (Fsp3) is 0.476. The Morgan fingerprint density at radius 3 is 2.83 bits per heavy atom. The molecule has 0 amide bonds.